The lowest BCUT2D eigenvalue weighted by Gasteiger charge is -2.52. The van der Waals surface area contributed by atoms with E-state index in [1.165, 1.54) is 64.2 Å². The normalized spacial score (nSPS) is 54.5. The monoisotopic (exact) mass is 340 g/mol. The van der Waals surface area contributed by atoms with Gasteiger partial charge in [-0.25, -0.2) is 0 Å². The molecule has 8 atom stereocenters. The van der Waals surface area contributed by atoms with Gasteiger partial charge >= 0.3 is 0 Å². The molecule has 0 bridgehead atoms. The van der Waals surface area contributed by atoms with E-state index in [1.54, 1.807) is 0 Å². The van der Waals surface area contributed by atoms with E-state index in [-0.39, 0.29) is 0 Å². The summed E-state index contributed by atoms with van der Waals surface area (Å²) in [6, 6.07) is 0. The number of fused-ring (bicyclic) bond motifs is 4. The number of thioether (sulfide) groups is 2. The lowest BCUT2D eigenvalue weighted by atomic mass is 9.90. The Kier molecular flexibility index (Phi) is 4.18. The van der Waals surface area contributed by atoms with Crippen LogP contribution in [-0.2, 0) is 9.47 Å². The summed E-state index contributed by atoms with van der Waals surface area (Å²) in [6.45, 7) is 0. The lowest BCUT2D eigenvalue weighted by Crippen LogP contribution is -2.55. The standard InChI is InChI=1S/C18H28O2S2/c1-3-7-15-11(5-1)19-13-9-18-14(10-17(13)21-15)20-12-6-2-4-8-16(12)22-18/h11-18H,1-10H2. The smallest absolute Gasteiger partial charge is 0.0710 e. The maximum atomic E-state index is 6.59. The predicted molar refractivity (Wildman–Crippen MR) is 93.8 cm³/mol. The van der Waals surface area contributed by atoms with Crippen LogP contribution in [0.3, 0.4) is 0 Å². The summed E-state index contributed by atoms with van der Waals surface area (Å²) >= 11 is 4.54. The molecule has 5 rings (SSSR count). The third-order valence-corrected chi connectivity index (χ3v) is 9.91. The van der Waals surface area contributed by atoms with Crippen LogP contribution in [-0.4, -0.2) is 45.4 Å². The second-order valence-corrected chi connectivity index (χ2v) is 10.9. The molecular formula is C18H28O2S2. The zero-order valence-corrected chi connectivity index (χ0v) is 15.0. The molecule has 2 saturated heterocycles. The summed E-state index contributed by atoms with van der Waals surface area (Å²) in [7, 11) is 0. The van der Waals surface area contributed by atoms with Gasteiger partial charge in [0.15, 0.2) is 0 Å². The van der Waals surface area contributed by atoms with Gasteiger partial charge in [0.1, 0.15) is 0 Å². The van der Waals surface area contributed by atoms with Crippen LogP contribution in [0.25, 0.3) is 0 Å². The van der Waals surface area contributed by atoms with Gasteiger partial charge in [0.05, 0.1) is 24.4 Å². The molecule has 5 fully saturated rings. The fourth-order valence-corrected chi connectivity index (χ4v) is 8.84. The number of hydrogen-bond donors (Lipinski definition) is 0. The van der Waals surface area contributed by atoms with Crippen LogP contribution >= 0.6 is 23.5 Å². The van der Waals surface area contributed by atoms with Crippen molar-refractivity contribution in [1.29, 1.82) is 0 Å². The Hall–Kier alpha value is 0.620. The van der Waals surface area contributed by atoms with Crippen molar-refractivity contribution in [3.8, 4) is 0 Å². The first-order valence-corrected chi connectivity index (χ1v) is 11.4. The molecule has 2 heterocycles. The molecule has 0 spiro atoms. The van der Waals surface area contributed by atoms with Crippen molar-refractivity contribution in [1.82, 2.24) is 0 Å². The molecule has 2 aliphatic heterocycles. The van der Waals surface area contributed by atoms with Crippen molar-refractivity contribution < 1.29 is 9.47 Å². The fourth-order valence-electron chi connectivity index (χ4n) is 5.28. The second-order valence-electron chi connectivity index (χ2n) is 7.89. The maximum Gasteiger partial charge on any atom is 0.0710 e. The zero-order chi connectivity index (χ0) is 14.5. The maximum absolute atomic E-state index is 6.59. The highest BCUT2D eigenvalue weighted by atomic mass is 32.2. The van der Waals surface area contributed by atoms with Crippen molar-refractivity contribution in [3.63, 3.8) is 0 Å². The van der Waals surface area contributed by atoms with Gasteiger partial charge in [-0.2, -0.15) is 0 Å². The van der Waals surface area contributed by atoms with E-state index in [2.05, 4.69) is 23.5 Å². The molecule has 0 aromatic heterocycles. The SMILES string of the molecule is C1CCC2SC3CC4OC5CCCCC5SC4CC3OC2C1. The summed E-state index contributed by atoms with van der Waals surface area (Å²) < 4.78 is 13.2. The van der Waals surface area contributed by atoms with Crippen LogP contribution in [0.2, 0.25) is 0 Å². The molecule has 22 heavy (non-hydrogen) atoms. The van der Waals surface area contributed by atoms with Crippen LogP contribution in [0.4, 0.5) is 0 Å². The summed E-state index contributed by atoms with van der Waals surface area (Å²) in [6.07, 6.45) is 15.6. The Balaban J connectivity index is 1.29. The summed E-state index contributed by atoms with van der Waals surface area (Å²) in [5, 5.41) is 2.98. The van der Waals surface area contributed by atoms with Crippen molar-refractivity contribution in [2.24, 2.45) is 0 Å². The Morgan fingerprint density at radius 2 is 0.955 bits per heavy atom. The Morgan fingerprint density at radius 1 is 0.500 bits per heavy atom. The molecule has 8 unspecified atom stereocenters. The second kappa shape index (κ2) is 6.16. The van der Waals surface area contributed by atoms with E-state index < -0.39 is 0 Å². The Bertz CT molecular complexity index is 344. The van der Waals surface area contributed by atoms with Gasteiger partial charge in [0, 0.05) is 21.0 Å². The van der Waals surface area contributed by atoms with Gasteiger partial charge in [-0.05, 0) is 38.5 Å². The van der Waals surface area contributed by atoms with Crippen LogP contribution in [0.15, 0.2) is 0 Å². The van der Waals surface area contributed by atoms with Crippen molar-refractivity contribution >= 4 is 23.5 Å². The molecule has 0 aromatic carbocycles. The molecule has 124 valence electrons. The summed E-state index contributed by atoms with van der Waals surface area (Å²) in [5.74, 6) is 0. The number of ether oxygens (including phenoxy) is 2. The molecule has 0 amide bonds. The highest BCUT2D eigenvalue weighted by Gasteiger charge is 2.49. The van der Waals surface area contributed by atoms with Gasteiger partial charge < -0.3 is 9.47 Å². The van der Waals surface area contributed by atoms with Gasteiger partial charge in [-0.15, -0.1) is 23.5 Å². The van der Waals surface area contributed by atoms with Crippen molar-refractivity contribution in [3.05, 3.63) is 0 Å². The minimum absolute atomic E-state index is 0.516. The molecule has 0 N–H and O–H groups in total. The molecule has 0 aromatic rings. The zero-order valence-electron chi connectivity index (χ0n) is 13.3. The van der Waals surface area contributed by atoms with Crippen molar-refractivity contribution in [2.45, 2.75) is 110 Å². The molecule has 2 nitrogen and oxygen atoms in total. The van der Waals surface area contributed by atoms with Gasteiger partial charge in [0.25, 0.3) is 0 Å². The van der Waals surface area contributed by atoms with E-state index >= 15 is 0 Å². The van der Waals surface area contributed by atoms with Crippen LogP contribution < -0.4 is 0 Å². The van der Waals surface area contributed by atoms with Gasteiger partial charge in [0.2, 0.25) is 0 Å². The first-order chi connectivity index (χ1) is 10.9. The van der Waals surface area contributed by atoms with Crippen molar-refractivity contribution in [2.75, 3.05) is 0 Å². The summed E-state index contributed by atoms with van der Waals surface area (Å²) in [4.78, 5) is 0. The molecular weight excluding hydrogens is 312 g/mol. The number of rotatable bonds is 0. The first-order valence-electron chi connectivity index (χ1n) is 9.48. The predicted octanol–water partition coefficient (Wildman–Crippen LogP) is 4.40. The van der Waals surface area contributed by atoms with E-state index in [1.807, 2.05) is 0 Å². The van der Waals surface area contributed by atoms with Gasteiger partial charge in [-0.1, -0.05) is 25.7 Å². The third-order valence-electron chi connectivity index (χ3n) is 6.44. The minimum atomic E-state index is 0.516. The number of hydrogen-bond acceptors (Lipinski definition) is 4. The fraction of sp³-hybridized carbons (Fsp3) is 1.00. The topological polar surface area (TPSA) is 18.5 Å². The van der Waals surface area contributed by atoms with E-state index in [0.29, 0.717) is 34.9 Å². The molecule has 4 heteroatoms. The largest absolute Gasteiger partial charge is 0.373 e. The van der Waals surface area contributed by atoms with Crippen LogP contribution in [0.1, 0.15) is 64.2 Å². The van der Waals surface area contributed by atoms with Crippen LogP contribution in [0.5, 0.6) is 0 Å². The molecule has 3 saturated carbocycles. The van der Waals surface area contributed by atoms with E-state index in [4.69, 9.17) is 9.47 Å². The minimum Gasteiger partial charge on any atom is -0.373 e. The molecule has 3 aliphatic carbocycles. The van der Waals surface area contributed by atoms with E-state index in [0.717, 1.165) is 10.5 Å². The summed E-state index contributed by atoms with van der Waals surface area (Å²) in [5.41, 5.74) is 0. The third kappa shape index (κ3) is 2.66. The average molecular weight is 341 g/mol. The van der Waals surface area contributed by atoms with Gasteiger partial charge in [-0.3, -0.25) is 0 Å². The average Bonchev–Trinajstić information content (AvgIpc) is 2.56. The van der Waals surface area contributed by atoms with Crippen LogP contribution in [0, 0.1) is 0 Å². The molecule has 5 aliphatic rings. The molecule has 0 radical (unpaired) electrons. The lowest BCUT2D eigenvalue weighted by molar-refractivity contribution is -0.0943. The Labute approximate surface area is 142 Å². The highest BCUT2D eigenvalue weighted by molar-refractivity contribution is 8.01. The Morgan fingerprint density at radius 3 is 1.45 bits per heavy atom. The van der Waals surface area contributed by atoms with E-state index in [9.17, 15) is 0 Å². The highest BCUT2D eigenvalue weighted by Crippen LogP contribution is 2.51. The quantitative estimate of drug-likeness (QED) is 0.650. The first kappa shape index (κ1) is 14.9.